The van der Waals surface area contributed by atoms with Crippen LogP contribution in [0, 0.1) is 0 Å². The van der Waals surface area contributed by atoms with E-state index in [2.05, 4.69) is 32.0 Å². The largest absolute Gasteiger partial charge is 0.226 e. The van der Waals surface area contributed by atoms with Crippen molar-refractivity contribution < 1.29 is 0 Å². The van der Waals surface area contributed by atoms with Crippen LogP contribution in [-0.4, -0.2) is 38.2 Å². The molecule has 0 saturated heterocycles. The minimum atomic E-state index is 0.773. The number of hydrogen-bond donors (Lipinski definition) is 0. The number of hydrogen-bond acceptors (Lipinski definition) is 4. The quantitative estimate of drug-likeness (QED) is 0.396. The molecule has 0 aliphatic carbocycles. The van der Waals surface area contributed by atoms with E-state index in [0.29, 0.717) is 0 Å². The van der Waals surface area contributed by atoms with Gasteiger partial charge in [0.1, 0.15) is 0 Å². The summed E-state index contributed by atoms with van der Waals surface area (Å²) in [5.41, 5.74) is 0. The summed E-state index contributed by atoms with van der Waals surface area (Å²) in [6.07, 6.45) is 7.36. The second-order valence-corrected chi connectivity index (χ2v) is 4.03. The topological polar surface area (TPSA) is 49.4 Å². The fourth-order valence-electron chi connectivity index (χ4n) is 1.43. The normalized spacial score (nSPS) is 9.22. The highest BCUT2D eigenvalue weighted by atomic mass is 14.8. The van der Waals surface area contributed by atoms with Gasteiger partial charge in [0, 0.05) is 26.2 Å². The predicted octanol–water partition coefficient (Wildman–Crippen LogP) is 3.71. The van der Waals surface area contributed by atoms with Crippen LogP contribution in [0.5, 0.6) is 0 Å². The SMILES string of the molecule is CCN=C=NCCCCCCCCN=C=NCC. The maximum absolute atomic E-state index is 4.09. The van der Waals surface area contributed by atoms with Gasteiger partial charge in [-0.1, -0.05) is 25.7 Å². The Labute approximate surface area is 111 Å². The van der Waals surface area contributed by atoms with Gasteiger partial charge in [0.15, 0.2) is 0 Å². The Kier molecular flexibility index (Phi) is 14.7. The van der Waals surface area contributed by atoms with Gasteiger partial charge in [-0.3, -0.25) is 0 Å². The van der Waals surface area contributed by atoms with Gasteiger partial charge in [-0.15, -0.1) is 0 Å². The molecule has 0 aliphatic rings. The molecule has 18 heavy (non-hydrogen) atoms. The van der Waals surface area contributed by atoms with Crippen molar-refractivity contribution in [1.82, 2.24) is 0 Å². The zero-order chi connectivity index (χ0) is 13.3. The van der Waals surface area contributed by atoms with Crippen molar-refractivity contribution in [3.8, 4) is 0 Å². The molecule has 0 N–H and O–H groups in total. The van der Waals surface area contributed by atoms with Crippen molar-refractivity contribution in [3.63, 3.8) is 0 Å². The van der Waals surface area contributed by atoms with Crippen LogP contribution in [0.15, 0.2) is 20.0 Å². The molecule has 0 unspecified atom stereocenters. The van der Waals surface area contributed by atoms with Gasteiger partial charge in [0.2, 0.25) is 0 Å². The van der Waals surface area contributed by atoms with Gasteiger partial charge in [0.05, 0.1) is 12.0 Å². The van der Waals surface area contributed by atoms with E-state index >= 15 is 0 Å². The molecule has 0 amide bonds. The molecular formula is C14H26N4. The first-order valence-electron chi connectivity index (χ1n) is 7.07. The Hall–Kier alpha value is -1.24. The molecule has 4 heteroatoms. The van der Waals surface area contributed by atoms with Crippen molar-refractivity contribution in [2.45, 2.75) is 52.4 Å². The highest BCUT2D eigenvalue weighted by Gasteiger charge is 1.90. The van der Waals surface area contributed by atoms with Crippen LogP contribution in [0.25, 0.3) is 0 Å². The van der Waals surface area contributed by atoms with Crippen LogP contribution in [0.1, 0.15) is 52.4 Å². The van der Waals surface area contributed by atoms with Crippen molar-refractivity contribution >= 4 is 12.0 Å². The lowest BCUT2D eigenvalue weighted by Gasteiger charge is -1.97. The highest BCUT2D eigenvalue weighted by Crippen LogP contribution is 2.05. The molecule has 0 heterocycles. The van der Waals surface area contributed by atoms with Crippen LogP contribution >= 0.6 is 0 Å². The zero-order valence-corrected chi connectivity index (χ0v) is 11.9. The first-order chi connectivity index (χ1) is 8.91. The number of rotatable bonds is 11. The second kappa shape index (κ2) is 15.8. The highest BCUT2D eigenvalue weighted by molar-refractivity contribution is 5.41. The van der Waals surface area contributed by atoms with E-state index < -0.39 is 0 Å². The van der Waals surface area contributed by atoms with Crippen molar-refractivity contribution in [1.29, 1.82) is 0 Å². The maximum Gasteiger partial charge on any atom is 0.0892 e. The monoisotopic (exact) mass is 250 g/mol. The fraction of sp³-hybridized carbons (Fsp3) is 0.857. The molecule has 0 bridgehead atoms. The van der Waals surface area contributed by atoms with Crippen LogP contribution in [0.3, 0.4) is 0 Å². The molecule has 0 rings (SSSR count). The van der Waals surface area contributed by atoms with Crippen LogP contribution in [-0.2, 0) is 0 Å². The average molecular weight is 250 g/mol. The van der Waals surface area contributed by atoms with E-state index in [0.717, 1.165) is 39.0 Å². The summed E-state index contributed by atoms with van der Waals surface area (Å²) >= 11 is 0. The minimum absolute atomic E-state index is 0.773. The Balaban J connectivity index is 3.17. The molecule has 4 nitrogen and oxygen atoms in total. The molecule has 0 aromatic rings. The van der Waals surface area contributed by atoms with Crippen LogP contribution < -0.4 is 0 Å². The Morgan fingerprint density at radius 1 is 0.556 bits per heavy atom. The number of aliphatic imine (C=N–C) groups is 4. The molecule has 0 atom stereocenters. The Bertz CT molecular complexity index is 254. The third-order valence-corrected chi connectivity index (χ3v) is 2.39. The summed E-state index contributed by atoms with van der Waals surface area (Å²) in [5, 5.41) is 0. The van der Waals surface area contributed by atoms with Crippen LogP contribution in [0.2, 0.25) is 0 Å². The van der Waals surface area contributed by atoms with Crippen molar-refractivity contribution in [2.24, 2.45) is 20.0 Å². The molecule has 0 radical (unpaired) electrons. The third-order valence-electron chi connectivity index (χ3n) is 2.39. The van der Waals surface area contributed by atoms with E-state index in [1.165, 1.54) is 25.7 Å². The predicted molar refractivity (Wildman–Crippen MR) is 78.2 cm³/mol. The molecular weight excluding hydrogens is 224 g/mol. The third kappa shape index (κ3) is 14.8. The standard InChI is InChI=1S/C14H26N4/c1-3-15-13-17-11-9-7-5-6-8-10-12-18-14-16-4-2/h3-12H2,1-2H3. The molecule has 0 aliphatic heterocycles. The lowest BCUT2D eigenvalue weighted by molar-refractivity contribution is 0.602. The summed E-state index contributed by atoms with van der Waals surface area (Å²) in [7, 11) is 0. The Morgan fingerprint density at radius 2 is 0.944 bits per heavy atom. The number of unbranched alkanes of at least 4 members (excludes halogenated alkanes) is 5. The summed E-state index contributed by atoms with van der Waals surface area (Å²) in [5.74, 6) is 0. The minimum Gasteiger partial charge on any atom is -0.226 e. The molecule has 0 fully saturated rings. The average Bonchev–Trinajstić information content (AvgIpc) is 2.39. The van der Waals surface area contributed by atoms with Gasteiger partial charge in [0.25, 0.3) is 0 Å². The smallest absolute Gasteiger partial charge is 0.0892 e. The second-order valence-electron chi connectivity index (χ2n) is 4.03. The van der Waals surface area contributed by atoms with Crippen LogP contribution in [0.4, 0.5) is 0 Å². The van der Waals surface area contributed by atoms with E-state index in [4.69, 9.17) is 0 Å². The van der Waals surface area contributed by atoms with E-state index in [1.807, 2.05) is 13.8 Å². The van der Waals surface area contributed by atoms with Crippen molar-refractivity contribution in [3.05, 3.63) is 0 Å². The van der Waals surface area contributed by atoms with Gasteiger partial charge in [-0.2, -0.15) is 0 Å². The van der Waals surface area contributed by atoms with E-state index in [1.54, 1.807) is 0 Å². The summed E-state index contributed by atoms with van der Waals surface area (Å²) < 4.78 is 0. The first-order valence-corrected chi connectivity index (χ1v) is 7.07. The number of nitrogens with zero attached hydrogens (tertiary/aromatic N) is 4. The summed E-state index contributed by atoms with van der Waals surface area (Å²) in [4.78, 5) is 16.0. The molecule has 102 valence electrons. The van der Waals surface area contributed by atoms with Gasteiger partial charge in [-0.05, 0) is 26.7 Å². The van der Waals surface area contributed by atoms with Crippen molar-refractivity contribution in [2.75, 3.05) is 26.2 Å². The fourth-order valence-corrected chi connectivity index (χ4v) is 1.43. The summed E-state index contributed by atoms with van der Waals surface area (Å²) in [6, 6.07) is 5.38. The lowest BCUT2D eigenvalue weighted by atomic mass is 10.1. The van der Waals surface area contributed by atoms with E-state index in [-0.39, 0.29) is 0 Å². The molecule has 0 spiro atoms. The maximum atomic E-state index is 4.09. The van der Waals surface area contributed by atoms with Gasteiger partial charge >= 0.3 is 0 Å². The lowest BCUT2D eigenvalue weighted by Crippen LogP contribution is -1.85. The molecule has 0 aromatic carbocycles. The van der Waals surface area contributed by atoms with Gasteiger partial charge < -0.3 is 0 Å². The molecule has 0 saturated carbocycles. The molecule has 0 aromatic heterocycles. The zero-order valence-electron chi connectivity index (χ0n) is 11.9. The first kappa shape index (κ1) is 16.8. The van der Waals surface area contributed by atoms with E-state index in [9.17, 15) is 0 Å². The van der Waals surface area contributed by atoms with Gasteiger partial charge in [-0.25, -0.2) is 20.0 Å². The Morgan fingerprint density at radius 3 is 1.33 bits per heavy atom. The summed E-state index contributed by atoms with van der Waals surface area (Å²) in [6.45, 7) is 7.24.